The lowest BCUT2D eigenvalue weighted by atomic mass is 10.0. The van der Waals surface area contributed by atoms with Crippen molar-refractivity contribution in [3.05, 3.63) is 16.1 Å². The molecule has 1 N–H and O–H groups in total. The zero-order valence-electron chi connectivity index (χ0n) is 6.63. The van der Waals surface area contributed by atoms with Crippen molar-refractivity contribution in [1.82, 2.24) is 10.3 Å². The lowest BCUT2D eigenvalue weighted by Gasteiger charge is -2.25. The van der Waals surface area contributed by atoms with Crippen LogP contribution in [0.5, 0.6) is 0 Å². The van der Waals surface area contributed by atoms with Crippen molar-refractivity contribution in [2.45, 2.75) is 13.3 Å². The molecule has 2 rings (SSSR count). The molecule has 1 aliphatic rings. The first-order valence-electron chi connectivity index (χ1n) is 3.96. The Kier molecular flexibility index (Phi) is 1.92. The zero-order valence-corrected chi connectivity index (χ0v) is 7.45. The standard InChI is InChI=1S/C8H12N2S/c1-6-5-11-8(10-6)2-7-3-9-4-7/h5,7,9H,2-4H2,1H3. The highest BCUT2D eigenvalue weighted by molar-refractivity contribution is 7.09. The predicted octanol–water partition coefficient (Wildman–Crippen LogP) is 1.21. The molecule has 0 aliphatic carbocycles. The van der Waals surface area contributed by atoms with Crippen LogP contribution in [-0.2, 0) is 6.42 Å². The van der Waals surface area contributed by atoms with E-state index in [0.29, 0.717) is 0 Å². The van der Waals surface area contributed by atoms with E-state index in [1.54, 1.807) is 11.3 Å². The molecule has 0 atom stereocenters. The maximum absolute atomic E-state index is 4.42. The number of nitrogens with one attached hydrogen (secondary N) is 1. The highest BCUT2D eigenvalue weighted by Gasteiger charge is 2.17. The van der Waals surface area contributed by atoms with E-state index in [9.17, 15) is 0 Å². The zero-order chi connectivity index (χ0) is 7.68. The Balaban J connectivity index is 1.95. The second kappa shape index (κ2) is 2.91. The first-order valence-corrected chi connectivity index (χ1v) is 4.84. The lowest BCUT2D eigenvalue weighted by molar-refractivity contribution is 0.346. The van der Waals surface area contributed by atoms with E-state index in [4.69, 9.17) is 0 Å². The van der Waals surface area contributed by atoms with Crippen LogP contribution < -0.4 is 5.32 Å². The average molecular weight is 168 g/mol. The van der Waals surface area contributed by atoms with Crippen molar-refractivity contribution >= 4 is 11.3 Å². The molecule has 0 aromatic carbocycles. The van der Waals surface area contributed by atoms with Gasteiger partial charge in [-0.3, -0.25) is 0 Å². The Morgan fingerprint density at radius 3 is 3.00 bits per heavy atom. The Bertz CT molecular complexity index is 240. The first kappa shape index (κ1) is 7.25. The molecule has 1 fully saturated rings. The summed E-state index contributed by atoms with van der Waals surface area (Å²) in [6.07, 6.45) is 1.17. The molecule has 2 heterocycles. The summed E-state index contributed by atoms with van der Waals surface area (Å²) in [5.41, 5.74) is 1.16. The molecule has 2 nitrogen and oxygen atoms in total. The van der Waals surface area contributed by atoms with Gasteiger partial charge >= 0.3 is 0 Å². The summed E-state index contributed by atoms with van der Waals surface area (Å²) in [5, 5.41) is 6.69. The average Bonchev–Trinajstić information content (AvgIpc) is 2.27. The van der Waals surface area contributed by atoms with Crippen LogP contribution in [0.2, 0.25) is 0 Å². The van der Waals surface area contributed by atoms with Gasteiger partial charge < -0.3 is 5.32 Å². The number of nitrogens with zero attached hydrogens (tertiary/aromatic N) is 1. The van der Waals surface area contributed by atoms with Gasteiger partial charge in [0.25, 0.3) is 0 Å². The summed E-state index contributed by atoms with van der Waals surface area (Å²) in [7, 11) is 0. The van der Waals surface area contributed by atoms with Crippen molar-refractivity contribution in [2.75, 3.05) is 13.1 Å². The van der Waals surface area contributed by atoms with Crippen LogP contribution in [0.4, 0.5) is 0 Å². The number of hydrogen-bond donors (Lipinski definition) is 1. The Hall–Kier alpha value is -0.410. The Labute approximate surface area is 70.7 Å². The Morgan fingerprint density at radius 1 is 1.73 bits per heavy atom. The van der Waals surface area contributed by atoms with Crippen LogP contribution in [0.1, 0.15) is 10.7 Å². The van der Waals surface area contributed by atoms with Gasteiger partial charge in [0, 0.05) is 17.5 Å². The van der Waals surface area contributed by atoms with Crippen LogP contribution in [-0.4, -0.2) is 18.1 Å². The minimum atomic E-state index is 0.848. The third-order valence-electron chi connectivity index (χ3n) is 2.00. The van der Waals surface area contributed by atoms with E-state index >= 15 is 0 Å². The van der Waals surface area contributed by atoms with Gasteiger partial charge in [-0.05, 0) is 25.9 Å². The molecule has 1 aromatic rings. The number of aromatic nitrogens is 1. The van der Waals surface area contributed by atoms with E-state index < -0.39 is 0 Å². The van der Waals surface area contributed by atoms with Gasteiger partial charge in [0.1, 0.15) is 0 Å². The van der Waals surface area contributed by atoms with Crippen molar-refractivity contribution < 1.29 is 0 Å². The highest BCUT2D eigenvalue weighted by atomic mass is 32.1. The Morgan fingerprint density at radius 2 is 2.55 bits per heavy atom. The monoisotopic (exact) mass is 168 g/mol. The molecule has 0 unspecified atom stereocenters. The van der Waals surface area contributed by atoms with E-state index in [0.717, 1.165) is 11.6 Å². The van der Waals surface area contributed by atoms with Gasteiger partial charge in [-0.2, -0.15) is 0 Å². The van der Waals surface area contributed by atoms with Crippen LogP contribution >= 0.6 is 11.3 Å². The molecule has 1 saturated heterocycles. The molecule has 11 heavy (non-hydrogen) atoms. The molecule has 0 spiro atoms. The summed E-state index contributed by atoms with van der Waals surface area (Å²) in [4.78, 5) is 4.42. The molecule has 0 amide bonds. The topological polar surface area (TPSA) is 24.9 Å². The minimum Gasteiger partial charge on any atom is -0.316 e. The molecular weight excluding hydrogens is 156 g/mol. The number of rotatable bonds is 2. The van der Waals surface area contributed by atoms with Crippen molar-refractivity contribution in [2.24, 2.45) is 5.92 Å². The van der Waals surface area contributed by atoms with Crippen molar-refractivity contribution in [3.63, 3.8) is 0 Å². The minimum absolute atomic E-state index is 0.848. The predicted molar refractivity (Wildman–Crippen MR) is 46.9 cm³/mol. The summed E-state index contributed by atoms with van der Waals surface area (Å²) >= 11 is 1.79. The fourth-order valence-corrected chi connectivity index (χ4v) is 2.12. The summed E-state index contributed by atoms with van der Waals surface area (Å²) in [6.45, 7) is 4.41. The van der Waals surface area contributed by atoms with Gasteiger partial charge in [0.05, 0.1) is 5.01 Å². The SMILES string of the molecule is Cc1csc(CC2CNC2)n1. The van der Waals surface area contributed by atoms with Gasteiger partial charge in [-0.15, -0.1) is 11.3 Å². The number of aryl methyl sites for hydroxylation is 1. The second-order valence-electron chi connectivity index (χ2n) is 3.11. The third-order valence-corrected chi connectivity index (χ3v) is 2.98. The summed E-state index contributed by atoms with van der Waals surface area (Å²) < 4.78 is 0. The van der Waals surface area contributed by atoms with E-state index in [2.05, 4.69) is 22.6 Å². The molecule has 1 aromatic heterocycles. The fraction of sp³-hybridized carbons (Fsp3) is 0.625. The number of hydrogen-bond acceptors (Lipinski definition) is 3. The molecule has 0 radical (unpaired) electrons. The maximum atomic E-state index is 4.42. The molecule has 0 saturated carbocycles. The van der Waals surface area contributed by atoms with Crippen LogP contribution in [0.3, 0.4) is 0 Å². The van der Waals surface area contributed by atoms with E-state index in [-0.39, 0.29) is 0 Å². The van der Waals surface area contributed by atoms with Crippen LogP contribution in [0, 0.1) is 12.8 Å². The smallest absolute Gasteiger partial charge is 0.0931 e. The summed E-state index contributed by atoms with van der Waals surface area (Å²) in [5.74, 6) is 0.848. The third kappa shape index (κ3) is 1.60. The van der Waals surface area contributed by atoms with Crippen LogP contribution in [0.25, 0.3) is 0 Å². The van der Waals surface area contributed by atoms with Gasteiger partial charge in [0.15, 0.2) is 0 Å². The molecule has 60 valence electrons. The highest BCUT2D eigenvalue weighted by Crippen LogP contribution is 2.16. The normalized spacial score (nSPS) is 18.3. The largest absolute Gasteiger partial charge is 0.316 e. The molecule has 1 aliphatic heterocycles. The molecule has 0 bridgehead atoms. The quantitative estimate of drug-likeness (QED) is 0.718. The number of thiazole rings is 1. The fourth-order valence-electron chi connectivity index (χ4n) is 1.24. The molecule has 3 heteroatoms. The van der Waals surface area contributed by atoms with Crippen molar-refractivity contribution in [1.29, 1.82) is 0 Å². The maximum Gasteiger partial charge on any atom is 0.0931 e. The summed E-state index contributed by atoms with van der Waals surface area (Å²) in [6, 6.07) is 0. The van der Waals surface area contributed by atoms with Gasteiger partial charge in [-0.25, -0.2) is 4.98 Å². The lowest BCUT2D eigenvalue weighted by Crippen LogP contribution is -2.43. The second-order valence-corrected chi connectivity index (χ2v) is 4.05. The van der Waals surface area contributed by atoms with Gasteiger partial charge in [-0.1, -0.05) is 0 Å². The van der Waals surface area contributed by atoms with Gasteiger partial charge in [0.2, 0.25) is 0 Å². The van der Waals surface area contributed by atoms with Crippen molar-refractivity contribution in [3.8, 4) is 0 Å². The molecular formula is C8H12N2S. The van der Waals surface area contributed by atoms with E-state index in [1.165, 1.54) is 24.5 Å². The first-order chi connectivity index (χ1) is 5.34. The van der Waals surface area contributed by atoms with Crippen LogP contribution in [0.15, 0.2) is 5.38 Å². The van der Waals surface area contributed by atoms with E-state index in [1.807, 2.05) is 0 Å².